The summed E-state index contributed by atoms with van der Waals surface area (Å²) in [6.07, 6.45) is 1.13. The molecule has 0 saturated carbocycles. The lowest BCUT2D eigenvalue weighted by Crippen LogP contribution is -2.11. The van der Waals surface area contributed by atoms with Crippen molar-refractivity contribution in [2.45, 2.75) is 12.3 Å². The molecule has 1 N–H and O–H groups in total. The first-order valence-corrected chi connectivity index (χ1v) is 5.86. The van der Waals surface area contributed by atoms with E-state index < -0.39 is 0 Å². The smallest absolute Gasteiger partial charge is 0.141 e. The van der Waals surface area contributed by atoms with Crippen molar-refractivity contribution in [2.24, 2.45) is 5.92 Å². The van der Waals surface area contributed by atoms with E-state index in [4.69, 9.17) is 16.3 Å². The molecule has 0 amide bonds. The molecule has 2 atom stereocenters. The molecule has 1 aromatic rings. The molecule has 2 aliphatic rings. The Morgan fingerprint density at radius 2 is 2.27 bits per heavy atom. The molecule has 0 radical (unpaired) electrons. The molecule has 2 aliphatic heterocycles. The lowest BCUT2D eigenvalue weighted by molar-refractivity contribution is 0.296. The number of halogens is 1. The second kappa shape index (κ2) is 3.69. The van der Waals surface area contributed by atoms with Crippen LogP contribution >= 0.6 is 11.6 Å². The van der Waals surface area contributed by atoms with Crippen LogP contribution in [-0.2, 0) is 0 Å². The van der Waals surface area contributed by atoms with Gasteiger partial charge >= 0.3 is 0 Å². The van der Waals surface area contributed by atoms with E-state index in [0.717, 1.165) is 36.9 Å². The average molecular weight is 224 g/mol. The van der Waals surface area contributed by atoms with E-state index in [9.17, 15) is 0 Å². The van der Waals surface area contributed by atoms with Gasteiger partial charge in [-0.2, -0.15) is 0 Å². The number of para-hydroxylation sites is 1. The van der Waals surface area contributed by atoms with Crippen LogP contribution in [-0.4, -0.2) is 19.7 Å². The summed E-state index contributed by atoms with van der Waals surface area (Å²) in [7, 11) is 0. The van der Waals surface area contributed by atoms with E-state index in [1.54, 1.807) is 0 Å². The molecule has 1 fully saturated rings. The van der Waals surface area contributed by atoms with Crippen molar-refractivity contribution in [3.05, 3.63) is 28.8 Å². The minimum Gasteiger partial charge on any atom is -0.492 e. The monoisotopic (exact) mass is 223 g/mol. The van der Waals surface area contributed by atoms with Crippen LogP contribution in [0, 0.1) is 5.92 Å². The zero-order valence-corrected chi connectivity index (χ0v) is 9.26. The van der Waals surface area contributed by atoms with Gasteiger partial charge in [0.1, 0.15) is 5.75 Å². The maximum absolute atomic E-state index is 6.16. The molecule has 2 nitrogen and oxygen atoms in total. The summed E-state index contributed by atoms with van der Waals surface area (Å²) in [5, 5.41) is 4.20. The third-order valence-corrected chi connectivity index (χ3v) is 3.77. The Labute approximate surface area is 94.6 Å². The molecule has 3 rings (SSSR count). The molecule has 15 heavy (non-hydrogen) atoms. The molecule has 3 heteroatoms. The summed E-state index contributed by atoms with van der Waals surface area (Å²) < 4.78 is 5.76. The Balaban J connectivity index is 2.09. The molecular formula is C12H14ClNO. The predicted molar refractivity (Wildman–Crippen MR) is 60.7 cm³/mol. The number of nitrogens with one attached hydrogen (secondary N) is 1. The highest BCUT2D eigenvalue weighted by molar-refractivity contribution is 6.32. The van der Waals surface area contributed by atoms with Gasteiger partial charge in [-0.05, 0) is 24.9 Å². The van der Waals surface area contributed by atoms with E-state index in [1.165, 1.54) is 5.56 Å². The maximum atomic E-state index is 6.16. The van der Waals surface area contributed by atoms with Gasteiger partial charge in [0.05, 0.1) is 11.6 Å². The van der Waals surface area contributed by atoms with Crippen LogP contribution in [0.4, 0.5) is 0 Å². The largest absolute Gasteiger partial charge is 0.492 e. The van der Waals surface area contributed by atoms with E-state index in [1.807, 2.05) is 12.1 Å². The number of hydrogen-bond acceptors (Lipinski definition) is 2. The second-order valence-electron chi connectivity index (χ2n) is 4.32. The normalized spacial score (nSPS) is 28.9. The van der Waals surface area contributed by atoms with Gasteiger partial charge in [0, 0.05) is 18.0 Å². The van der Waals surface area contributed by atoms with E-state index in [-0.39, 0.29) is 0 Å². The Morgan fingerprint density at radius 1 is 1.33 bits per heavy atom. The van der Waals surface area contributed by atoms with Crippen LogP contribution in [0.15, 0.2) is 18.2 Å². The van der Waals surface area contributed by atoms with Gasteiger partial charge in [-0.1, -0.05) is 23.7 Å². The fraction of sp³-hybridized carbons (Fsp3) is 0.500. The Hall–Kier alpha value is -0.730. The second-order valence-corrected chi connectivity index (χ2v) is 4.73. The van der Waals surface area contributed by atoms with Crippen LogP contribution in [0.1, 0.15) is 17.9 Å². The highest BCUT2D eigenvalue weighted by Gasteiger charge is 2.33. The van der Waals surface area contributed by atoms with Crippen LogP contribution in [0.5, 0.6) is 5.75 Å². The van der Waals surface area contributed by atoms with Crippen molar-refractivity contribution in [3.63, 3.8) is 0 Å². The van der Waals surface area contributed by atoms with Gasteiger partial charge in [0.15, 0.2) is 0 Å². The number of rotatable bonds is 0. The Morgan fingerprint density at radius 3 is 3.20 bits per heavy atom. The van der Waals surface area contributed by atoms with Gasteiger partial charge < -0.3 is 10.1 Å². The molecule has 0 spiro atoms. The Kier molecular flexibility index (Phi) is 2.33. The van der Waals surface area contributed by atoms with Crippen molar-refractivity contribution in [3.8, 4) is 5.75 Å². The summed E-state index contributed by atoms with van der Waals surface area (Å²) >= 11 is 6.16. The SMILES string of the molecule is Clc1cccc2c1OCC[C@@H]1CNC[C@@H]21. The summed E-state index contributed by atoms with van der Waals surface area (Å²) in [6.45, 7) is 2.96. The zero-order valence-electron chi connectivity index (χ0n) is 8.50. The Bertz CT molecular complexity index is 380. The van der Waals surface area contributed by atoms with Gasteiger partial charge in [-0.15, -0.1) is 0 Å². The quantitative estimate of drug-likeness (QED) is 0.730. The standard InChI is InChI=1S/C12H14ClNO/c13-11-3-1-2-9-10-7-14-6-8(10)4-5-15-12(9)11/h1-3,8,10,14H,4-7H2/t8-,10-/m1/s1. The highest BCUT2D eigenvalue weighted by Crippen LogP contribution is 2.41. The van der Waals surface area contributed by atoms with Gasteiger partial charge in [0.2, 0.25) is 0 Å². The zero-order chi connectivity index (χ0) is 10.3. The first kappa shape index (κ1) is 9.49. The first-order valence-electron chi connectivity index (χ1n) is 5.48. The molecule has 0 aliphatic carbocycles. The van der Waals surface area contributed by atoms with Crippen molar-refractivity contribution < 1.29 is 4.74 Å². The van der Waals surface area contributed by atoms with Crippen LogP contribution in [0.25, 0.3) is 0 Å². The molecule has 1 saturated heterocycles. The van der Waals surface area contributed by atoms with Crippen molar-refractivity contribution in [2.75, 3.05) is 19.7 Å². The third kappa shape index (κ3) is 1.52. The third-order valence-electron chi connectivity index (χ3n) is 3.47. The summed E-state index contributed by atoms with van der Waals surface area (Å²) in [5.41, 5.74) is 1.29. The maximum Gasteiger partial charge on any atom is 0.141 e. The molecule has 80 valence electrons. The van der Waals surface area contributed by atoms with E-state index >= 15 is 0 Å². The summed E-state index contributed by atoms with van der Waals surface area (Å²) in [6, 6.07) is 6.07. The molecule has 0 aromatic heterocycles. The number of ether oxygens (including phenoxy) is 1. The fourth-order valence-corrected chi connectivity index (χ4v) is 2.92. The minimum absolute atomic E-state index is 0.584. The first-order chi connectivity index (χ1) is 7.36. The molecule has 0 bridgehead atoms. The van der Waals surface area contributed by atoms with Crippen LogP contribution in [0.2, 0.25) is 5.02 Å². The molecule has 0 unspecified atom stereocenters. The molecule has 1 aromatic carbocycles. The topological polar surface area (TPSA) is 21.3 Å². The lowest BCUT2D eigenvalue weighted by Gasteiger charge is -2.16. The summed E-state index contributed by atoms with van der Waals surface area (Å²) in [4.78, 5) is 0. The molecule has 2 heterocycles. The number of fused-ring (bicyclic) bond motifs is 3. The summed E-state index contributed by atoms with van der Waals surface area (Å²) in [5.74, 6) is 2.21. The number of benzene rings is 1. The lowest BCUT2D eigenvalue weighted by atomic mass is 9.87. The van der Waals surface area contributed by atoms with Crippen molar-refractivity contribution in [1.82, 2.24) is 5.32 Å². The van der Waals surface area contributed by atoms with Gasteiger partial charge in [0.25, 0.3) is 0 Å². The van der Waals surface area contributed by atoms with E-state index in [0.29, 0.717) is 11.8 Å². The molecular weight excluding hydrogens is 210 g/mol. The average Bonchev–Trinajstić information content (AvgIpc) is 2.62. The van der Waals surface area contributed by atoms with Crippen molar-refractivity contribution in [1.29, 1.82) is 0 Å². The number of hydrogen-bond donors (Lipinski definition) is 1. The highest BCUT2D eigenvalue weighted by atomic mass is 35.5. The van der Waals surface area contributed by atoms with Gasteiger partial charge in [-0.25, -0.2) is 0 Å². The van der Waals surface area contributed by atoms with Gasteiger partial charge in [-0.3, -0.25) is 0 Å². The van der Waals surface area contributed by atoms with E-state index in [2.05, 4.69) is 11.4 Å². The van der Waals surface area contributed by atoms with Crippen molar-refractivity contribution >= 4 is 11.6 Å². The predicted octanol–water partition coefficient (Wildman–Crippen LogP) is 2.43. The van der Waals surface area contributed by atoms with Crippen LogP contribution in [0.3, 0.4) is 0 Å². The fourth-order valence-electron chi connectivity index (χ4n) is 2.68. The van der Waals surface area contributed by atoms with Crippen LogP contribution < -0.4 is 10.1 Å². The minimum atomic E-state index is 0.584.